The first kappa shape index (κ1) is 13.6. The molecular weight excluding hydrogens is 246 g/mol. The molecule has 0 aliphatic heterocycles. The summed E-state index contributed by atoms with van der Waals surface area (Å²) in [5.74, 6) is -0.634. The molecule has 0 radical (unpaired) electrons. The van der Waals surface area contributed by atoms with Crippen molar-refractivity contribution in [2.24, 2.45) is 5.92 Å². The van der Waals surface area contributed by atoms with Gasteiger partial charge >= 0.3 is 5.97 Å². The van der Waals surface area contributed by atoms with Crippen LogP contribution in [0.4, 0.5) is 0 Å². The van der Waals surface area contributed by atoms with Crippen LogP contribution in [-0.4, -0.2) is 23.0 Å². The topological polar surface area (TPSA) is 79.5 Å². The molecule has 19 heavy (non-hydrogen) atoms. The Bertz CT molecular complexity index is 466. The first-order valence-electron chi connectivity index (χ1n) is 6.74. The van der Waals surface area contributed by atoms with E-state index in [9.17, 15) is 9.59 Å². The van der Waals surface area contributed by atoms with Gasteiger partial charge in [0.2, 0.25) is 0 Å². The van der Waals surface area contributed by atoms with E-state index in [1.807, 2.05) is 6.92 Å². The standard InChI is InChI=1S/C14H19NO4/c1-2-9-7-8-12(19-9)13(16)15-11-6-4-3-5-10(11)14(17)18/h7-8,10-11H,2-6H2,1H3,(H,15,16)(H,17,18). The van der Waals surface area contributed by atoms with Gasteiger partial charge in [0.25, 0.3) is 5.91 Å². The first-order chi connectivity index (χ1) is 9.11. The van der Waals surface area contributed by atoms with Crippen molar-refractivity contribution in [3.63, 3.8) is 0 Å². The number of aliphatic carboxylic acids is 1. The van der Waals surface area contributed by atoms with Gasteiger partial charge in [-0.1, -0.05) is 19.8 Å². The second kappa shape index (κ2) is 5.91. The summed E-state index contributed by atoms with van der Waals surface area (Å²) < 4.78 is 5.37. The Morgan fingerprint density at radius 1 is 1.37 bits per heavy atom. The van der Waals surface area contributed by atoms with Crippen molar-refractivity contribution in [2.75, 3.05) is 0 Å². The molecule has 1 saturated carbocycles. The number of carbonyl (C=O) groups is 2. The largest absolute Gasteiger partial charge is 0.481 e. The quantitative estimate of drug-likeness (QED) is 0.874. The van der Waals surface area contributed by atoms with E-state index in [4.69, 9.17) is 9.52 Å². The molecule has 1 aromatic rings. The smallest absolute Gasteiger partial charge is 0.308 e. The minimum atomic E-state index is -0.835. The van der Waals surface area contributed by atoms with Crippen LogP contribution in [0.3, 0.4) is 0 Å². The van der Waals surface area contributed by atoms with Crippen molar-refractivity contribution in [2.45, 2.75) is 45.1 Å². The number of furan rings is 1. The fourth-order valence-corrected chi connectivity index (χ4v) is 2.53. The molecular formula is C14H19NO4. The molecule has 2 N–H and O–H groups in total. The first-order valence-corrected chi connectivity index (χ1v) is 6.74. The van der Waals surface area contributed by atoms with Gasteiger partial charge in [0.15, 0.2) is 5.76 Å². The van der Waals surface area contributed by atoms with Gasteiger partial charge < -0.3 is 14.8 Å². The highest BCUT2D eigenvalue weighted by atomic mass is 16.4. The van der Waals surface area contributed by atoms with E-state index in [0.29, 0.717) is 12.8 Å². The van der Waals surface area contributed by atoms with E-state index in [-0.39, 0.29) is 17.7 Å². The van der Waals surface area contributed by atoms with Crippen molar-refractivity contribution >= 4 is 11.9 Å². The van der Waals surface area contributed by atoms with Crippen LogP contribution >= 0.6 is 0 Å². The Kier molecular flexibility index (Phi) is 4.24. The van der Waals surface area contributed by atoms with Crippen LogP contribution in [0.2, 0.25) is 0 Å². The third-order valence-electron chi connectivity index (χ3n) is 3.63. The van der Waals surface area contributed by atoms with Gasteiger partial charge in [-0.15, -0.1) is 0 Å². The number of rotatable bonds is 4. The van der Waals surface area contributed by atoms with E-state index in [0.717, 1.165) is 25.0 Å². The van der Waals surface area contributed by atoms with Crippen LogP contribution in [0.1, 0.15) is 48.9 Å². The molecule has 104 valence electrons. The number of carboxylic acids is 1. The Morgan fingerprint density at radius 2 is 2.11 bits per heavy atom. The van der Waals surface area contributed by atoms with E-state index in [1.165, 1.54) is 0 Å². The number of hydrogen-bond donors (Lipinski definition) is 2. The van der Waals surface area contributed by atoms with Gasteiger partial charge in [-0.05, 0) is 25.0 Å². The molecule has 1 aromatic heterocycles. The van der Waals surface area contributed by atoms with Crippen LogP contribution in [0.25, 0.3) is 0 Å². The Morgan fingerprint density at radius 3 is 2.74 bits per heavy atom. The lowest BCUT2D eigenvalue weighted by Crippen LogP contribution is -2.45. The maximum atomic E-state index is 12.0. The van der Waals surface area contributed by atoms with Gasteiger partial charge in [-0.3, -0.25) is 9.59 Å². The molecule has 1 aliphatic carbocycles. The zero-order valence-electron chi connectivity index (χ0n) is 11.0. The van der Waals surface area contributed by atoms with Gasteiger partial charge in [-0.25, -0.2) is 0 Å². The summed E-state index contributed by atoms with van der Waals surface area (Å²) >= 11 is 0. The number of hydrogen-bond acceptors (Lipinski definition) is 3. The Balaban J connectivity index is 2.02. The zero-order chi connectivity index (χ0) is 13.8. The average Bonchev–Trinajstić information content (AvgIpc) is 2.88. The van der Waals surface area contributed by atoms with E-state index in [2.05, 4.69) is 5.32 Å². The van der Waals surface area contributed by atoms with Crippen molar-refractivity contribution in [1.82, 2.24) is 5.32 Å². The molecule has 2 atom stereocenters. The molecule has 0 spiro atoms. The lowest BCUT2D eigenvalue weighted by atomic mass is 9.84. The van der Waals surface area contributed by atoms with Gasteiger partial charge in [0, 0.05) is 12.5 Å². The third-order valence-corrected chi connectivity index (χ3v) is 3.63. The molecule has 0 aromatic carbocycles. The van der Waals surface area contributed by atoms with Crippen molar-refractivity contribution in [3.05, 3.63) is 23.7 Å². The highest BCUT2D eigenvalue weighted by Crippen LogP contribution is 2.25. The minimum Gasteiger partial charge on any atom is -0.481 e. The normalized spacial score (nSPS) is 23.0. The fraction of sp³-hybridized carbons (Fsp3) is 0.571. The summed E-state index contributed by atoms with van der Waals surface area (Å²) in [4.78, 5) is 23.2. The molecule has 1 amide bonds. The van der Waals surface area contributed by atoms with Gasteiger partial charge in [0.05, 0.1) is 5.92 Å². The van der Waals surface area contributed by atoms with Crippen molar-refractivity contribution < 1.29 is 19.1 Å². The van der Waals surface area contributed by atoms with Crippen LogP contribution in [-0.2, 0) is 11.2 Å². The summed E-state index contributed by atoms with van der Waals surface area (Å²) in [7, 11) is 0. The van der Waals surface area contributed by atoms with Gasteiger partial charge in [0.1, 0.15) is 5.76 Å². The highest BCUT2D eigenvalue weighted by Gasteiger charge is 2.32. The third kappa shape index (κ3) is 3.16. The molecule has 1 aliphatic rings. The summed E-state index contributed by atoms with van der Waals surface area (Å²) in [6.45, 7) is 1.95. The summed E-state index contributed by atoms with van der Waals surface area (Å²) in [6, 6.07) is 3.10. The van der Waals surface area contributed by atoms with Crippen molar-refractivity contribution in [1.29, 1.82) is 0 Å². The Labute approximate surface area is 112 Å². The van der Waals surface area contributed by atoms with E-state index in [1.54, 1.807) is 12.1 Å². The summed E-state index contributed by atoms with van der Waals surface area (Å²) in [6.07, 6.45) is 3.92. The lowest BCUT2D eigenvalue weighted by Gasteiger charge is -2.28. The monoisotopic (exact) mass is 265 g/mol. The number of nitrogens with one attached hydrogen (secondary N) is 1. The average molecular weight is 265 g/mol. The molecule has 5 nitrogen and oxygen atoms in total. The fourth-order valence-electron chi connectivity index (χ4n) is 2.53. The van der Waals surface area contributed by atoms with Gasteiger partial charge in [-0.2, -0.15) is 0 Å². The maximum Gasteiger partial charge on any atom is 0.308 e. The molecule has 5 heteroatoms. The van der Waals surface area contributed by atoms with Crippen molar-refractivity contribution in [3.8, 4) is 0 Å². The molecule has 2 rings (SSSR count). The Hall–Kier alpha value is -1.78. The highest BCUT2D eigenvalue weighted by molar-refractivity contribution is 5.92. The van der Waals surface area contributed by atoms with Crippen LogP contribution in [0.15, 0.2) is 16.5 Å². The second-order valence-electron chi connectivity index (χ2n) is 4.93. The van der Waals surface area contributed by atoms with E-state index < -0.39 is 11.9 Å². The predicted molar refractivity (Wildman–Crippen MR) is 68.9 cm³/mol. The number of carboxylic acid groups (broad SMARTS) is 1. The molecule has 1 heterocycles. The second-order valence-corrected chi connectivity index (χ2v) is 4.93. The molecule has 0 bridgehead atoms. The SMILES string of the molecule is CCc1ccc(C(=O)NC2CCCCC2C(=O)O)o1. The molecule has 2 unspecified atom stereocenters. The molecule has 0 saturated heterocycles. The lowest BCUT2D eigenvalue weighted by molar-refractivity contribution is -0.143. The maximum absolute atomic E-state index is 12.0. The molecule has 1 fully saturated rings. The number of amides is 1. The number of aryl methyl sites for hydroxylation is 1. The summed E-state index contributed by atoms with van der Waals surface area (Å²) in [5.41, 5.74) is 0. The van der Waals surface area contributed by atoms with Crippen LogP contribution in [0, 0.1) is 5.92 Å². The van der Waals surface area contributed by atoms with Crippen LogP contribution < -0.4 is 5.32 Å². The number of carbonyl (C=O) groups excluding carboxylic acids is 1. The van der Waals surface area contributed by atoms with E-state index >= 15 is 0 Å². The zero-order valence-corrected chi connectivity index (χ0v) is 11.0. The minimum absolute atomic E-state index is 0.256. The summed E-state index contributed by atoms with van der Waals surface area (Å²) in [5, 5.41) is 12.0. The van der Waals surface area contributed by atoms with Crippen LogP contribution in [0.5, 0.6) is 0 Å². The predicted octanol–water partition coefficient (Wildman–Crippen LogP) is 2.22.